The van der Waals surface area contributed by atoms with Gasteiger partial charge in [-0.3, -0.25) is 4.79 Å². The molecule has 0 aliphatic carbocycles. The fourth-order valence-corrected chi connectivity index (χ4v) is 4.49. The molecule has 1 amide bonds. The molecule has 0 fully saturated rings. The van der Waals surface area contributed by atoms with Gasteiger partial charge in [0.25, 0.3) is 0 Å². The molecule has 0 saturated heterocycles. The van der Waals surface area contributed by atoms with Crippen LogP contribution in [0.5, 0.6) is 5.75 Å². The predicted octanol–water partition coefficient (Wildman–Crippen LogP) is 4.88. The first kappa shape index (κ1) is 27.7. The minimum absolute atomic E-state index is 0.0630. The fraction of sp³-hybridized carbons (Fsp3) is 0.286. The number of nitrogens with one attached hydrogen (secondary N) is 1. The molecule has 1 atom stereocenters. The first-order chi connectivity index (χ1) is 17.7. The summed E-state index contributed by atoms with van der Waals surface area (Å²) in [6.45, 7) is 3.88. The Morgan fingerprint density at radius 1 is 0.838 bits per heavy atom. The summed E-state index contributed by atoms with van der Waals surface area (Å²) in [5.74, 6) is -0.463. The molecule has 0 aliphatic heterocycles. The number of carbonyl (C=O) groups excluding carboxylic acids is 2. The molecule has 0 heterocycles. The Balaban J connectivity index is 1.60. The largest absolute Gasteiger partial charge is 0.463 e. The van der Waals surface area contributed by atoms with Crippen molar-refractivity contribution in [3.8, 4) is 5.75 Å². The van der Waals surface area contributed by atoms with Gasteiger partial charge in [-0.2, -0.15) is 8.42 Å². The van der Waals surface area contributed by atoms with E-state index in [-0.39, 0.29) is 48.2 Å². The zero-order chi connectivity index (χ0) is 26.7. The van der Waals surface area contributed by atoms with Gasteiger partial charge in [0.05, 0.1) is 12.5 Å². The van der Waals surface area contributed by atoms with Gasteiger partial charge < -0.3 is 19.0 Å². The minimum atomic E-state index is -3.94. The quantitative estimate of drug-likeness (QED) is 0.265. The van der Waals surface area contributed by atoms with Crippen LogP contribution in [0.15, 0.2) is 89.8 Å². The molecule has 0 radical (unpaired) electrons. The molecular weight excluding hydrogens is 494 g/mol. The summed E-state index contributed by atoms with van der Waals surface area (Å²) in [5, 5.41) is 2.72. The molecule has 3 aromatic carbocycles. The van der Waals surface area contributed by atoms with Crippen molar-refractivity contribution in [1.29, 1.82) is 0 Å². The number of hydrogen-bond donors (Lipinski definition) is 1. The summed E-state index contributed by atoms with van der Waals surface area (Å²) < 4.78 is 40.6. The molecule has 0 spiro atoms. The molecule has 1 unspecified atom stereocenters. The molecule has 37 heavy (non-hydrogen) atoms. The smallest absolute Gasteiger partial charge is 0.407 e. The molecule has 9 heteroatoms. The predicted molar refractivity (Wildman–Crippen MR) is 138 cm³/mol. The van der Waals surface area contributed by atoms with Gasteiger partial charge in [0, 0.05) is 6.54 Å². The lowest BCUT2D eigenvalue weighted by Gasteiger charge is -2.18. The van der Waals surface area contributed by atoms with Gasteiger partial charge in [-0.15, -0.1) is 0 Å². The second-order valence-corrected chi connectivity index (χ2v) is 10.3. The van der Waals surface area contributed by atoms with Gasteiger partial charge in [-0.25, -0.2) is 4.79 Å². The van der Waals surface area contributed by atoms with Gasteiger partial charge in [0.2, 0.25) is 0 Å². The van der Waals surface area contributed by atoms with Gasteiger partial charge >= 0.3 is 22.2 Å². The van der Waals surface area contributed by atoms with Crippen LogP contribution in [-0.4, -0.2) is 33.1 Å². The Kier molecular flexibility index (Phi) is 10.1. The average molecular weight is 526 g/mol. The molecule has 196 valence electrons. The van der Waals surface area contributed by atoms with E-state index in [9.17, 15) is 18.0 Å². The van der Waals surface area contributed by atoms with E-state index in [1.165, 1.54) is 12.1 Å². The van der Waals surface area contributed by atoms with Gasteiger partial charge in [0.15, 0.2) is 0 Å². The van der Waals surface area contributed by atoms with Crippen LogP contribution in [0.1, 0.15) is 31.4 Å². The van der Waals surface area contributed by atoms with Crippen molar-refractivity contribution in [2.24, 2.45) is 5.92 Å². The number of hydrogen-bond acceptors (Lipinski definition) is 7. The number of esters is 1. The van der Waals surface area contributed by atoms with Crippen LogP contribution in [0.25, 0.3) is 0 Å². The third-order valence-electron chi connectivity index (χ3n) is 5.26. The molecule has 3 rings (SSSR count). The summed E-state index contributed by atoms with van der Waals surface area (Å²) in [7, 11) is -3.94. The Labute approximate surface area is 217 Å². The first-order valence-electron chi connectivity index (χ1n) is 11.9. The van der Waals surface area contributed by atoms with Crippen LogP contribution in [0.4, 0.5) is 4.79 Å². The van der Waals surface area contributed by atoms with Crippen molar-refractivity contribution in [2.75, 3.05) is 6.54 Å². The second kappa shape index (κ2) is 13.5. The van der Waals surface area contributed by atoms with E-state index in [0.29, 0.717) is 6.42 Å². The zero-order valence-electron chi connectivity index (χ0n) is 20.8. The summed E-state index contributed by atoms with van der Waals surface area (Å²) in [6, 6.07) is 23.8. The maximum Gasteiger partial charge on any atom is 0.407 e. The van der Waals surface area contributed by atoms with Crippen molar-refractivity contribution in [3.05, 3.63) is 96.1 Å². The number of carbonyl (C=O) groups is 2. The minimum Gasteiger partial charge on any atom is -0.463 e. The maximum atomic E-state index is 12.4. The molecule has 0 aliphatic rings. The SMILES string of the molecule is CC(C)OC(=O)CC(CNC(=O)OCc1ccccc1)Cc1ccc(OS(=O)(=O)c2ccccc2)cc1. The van der Waals surface area contributed by atoms with Crippen molar-refractivity contribution < 1.29 is 31.7 Å². The summed E-state index contributed by atoms with van der Waals surface area (Å²) in [4.78, 5) is 24.6. The van der Waals surface area contributed by atoms with Crippen LogP contribution in [0, 0.1) is 5.92 Å². The van der Waals surface area contributed by atoms with Crippen LogP contribution in [-0.2, 0) is 37.4 Å². The third-order valence-corrected chi connectivity index (χ3v) is 6.52. The number of ether oxygens (including phenoxy) is 2. The van der Waals surface area contributed by atoms with E-state index < -0.39 is 16.2 Å². The summed E-state index contributed by atoms with van der Waals surface area (Å²) in [5.41, 5.74) is 1.71. The highest BCUT2D eigenvalue weighted by atomic mass is 32.2. The lowest BCUT2D eigenvalue weighted by atomic mass is 9.96. The molecule has 8 nitrogen and oxygen atoms in total. The third kappa shape index (κ3) is 9.61. The Morgan fingerprint density at radius 2 is 1.46 bits per heavy atom. The number of amides is 1. The number of alkyl carbamates (subject to hydrolysis) is 1. The van der Waals surface area contributed by atoms with Crippen LogP contribution in [0.2, 0.25) is 0 Å². The molecule has 3 aromatic rings. The average Bonchev–Trinajstić information content (AvgIpc) is 2.87. The maximum absolute atomic E-state index is 12.4. The molecular formula is C28H31NO7S. The highest BCUT2D eigenvalue weighted by Crippen LogP contribution is 2.21. The van der Waals surface area contributed by atoms with Crippen LogP contribution >= 0.6 is 0 Å². The van der Waals surface area contributed by atoms with E-state index >= 15 is 0 Å². The molecule has 0 aromatic heterocycles. The van der Waals surface area contributed by atoms with Gasteiger partial charge in [0.1, 0.15) is 17.3 Å². The lowest BCUT2D eigenvalue weighted by Crippen LogP contribution is -2.32. The van der Waals surface area contributed by atoms with E-state index in [4.69, 9.17) is 13.7 Å². The summed E-state index contributed by atoms with van der Waals surface area (Å²) in [6.07, 6.45) is -0.295. The van der Waals surface area contributed by atoms with Gasteiger partial charge in [-0.1, -0.05) is 60.7 Å². The molecule has 0 bridgehead atoms. The second-order valence-electron chi connectivity index (χ2n) is 8.75. The Bertz CT molecular complexity index is 1240. The normalized spacial score (nSPS) is 12.0. The summed E-state index contributed by atoms with van der Waals surface area (Å²) >= 11 is 0. The first-order valence-corrected chi connectivity index (χ1v) is 13.3. The number of benzene rings is 3. The Morgan fingerprint density at radius 3 is 2.08 bits per heavy atom. The van der Waals surface area contributed by atoms with Crippen LogP contribution in [0.3, 0.4) is 0 Å². The van der Waals surface area contributed by atoms with Crippen LogP contribution < -0.4 is 9.50 Å². The monoisotopic (exact) mass is 525 g/mol. The molecule has 0 saturated carbocycles. The van der Waals surface area contributed by atoms with E-state index in [2.05, 4.69) is 5.32 Å². The fourth-order valence-electron chi connectivity index (χ4n) is 3.54. The van der Waals surface area contributed by atoms with Crippen molar-refractivity contribution in [2.45, 2.75) is 44.3 Å². The highest BCUT2D eigenvalue weighted by molar-refractivity contribution is 7.87. The van der Waals surface area contributed by atoms with Crippen molar-refractivity contribution in [1.82, 2.24) is 5.32 Å². The zero-order valence-corrected chi connectivity index (χ0v) is 21.6. The van der Waals surface area contributed by atoms with E-state index in [1.807, 2.05) is 30.3 Å². The lowest BCUT2D eigenvalue weighted by molar-refractivity contribution is -0.148. The topological polar surface area (TPSA) is 108 Å². The Hall–Kier alpha value is -3.85. The van der Waals surface area contributed by atoms with E-state index in [0.717, 1.165) is 11.1 Å². The van der Waals surface area contributed by atoms with Crippen molar-refractivity contribution >= 4 is 22.2 Å². The highest BCUT2D eigenvalue weighted by Gasteiger charge is 2.19. The van der Waals surface area contributed by atoms with Crippen molar-refractivity contribution in [3.63, 3.8) is 0 Å². The van der Waals surface area contributed by atoms with Gasteiger partial charge in [-0.05, 0) is 61.6 Å². The number of rotatable bonds is 12. The molecule has 1 N–H and O–H groups in total. The standard InChI is InChI=1S/C28H31NO7S/c1-21(2)35-27(30)18-24(19-29-28(31)34-20-23-9-5-3-6-10-23)17-22-13-15-25(16-14-22)36-37(32,33)26-11-7-4-8-12-26/h3-16,21,24H,17-20H2,1-2H3,(H,29,31). The van der Waals surface area contributed by atoms with E-state index in [1.54, 1.807) is 56.3 Å².